The first kappa shape index (κ1) is 14.6. The minimum atomic E-state index is -1.09. The number of nitrogens with one attached hydrogen (secondary N) is 2. The van der Waals surface area contributed by atoms with Crippen LogP contribution in [-0.2, 0) is 15.6 Å². The quantitative estimate of drug-likeness (QED) is 0.678. The normalized spacial score (nSPS) is 20.6. The molecule has 17 heavy (non-hydrogen) atoms. The topological polar surface area (TPSA) is 58.2 Å². The Bertz CT molecular complexity index is 280. The maximum atomic E-state index is 12.0. The van der Waals surface area contributed by atoms with Crippen LogP contribution in [0.5, 0.6) is 0 Å². The van der Waals surface area contributed by atoms with Gasteiger partial charge in [-0.1, -0.05) is 13.8 Å². The molecule has 1 fully saturated rings. The number of hydrogen-bond acceptors (Lipinski definition) is 3. The monoisotopic (exact) mass is 260 g/mol. The zero-order chi connectivity index (χ0) is 12.8. The van der Waals surface area contributed by atoms with E-state index in [-0.39, 0.29) is 23.0 Å². The molecule has 0 heterocycles. The van der Waals surface area contributed by atoms with Crippen molar-refractivity contribution >= 4 is 16.7 Å². The van der Waals surface area contributed by atoms with Gasteiger partial charge in [0.15, 0.2) is 0 Å². The Kier molecular flexibility index (Phi) is 6.12. The second-order valence-electron chi connectivity index (χ2n) is 4.64. The van der Waals surface area contributed by atoms with E-state index in [0.29, 0.717) is 6.04 Å². The molecule has 1 aliphatic carbocycles. The third-order valence-corrected chi connectivity index (χ3v) is 4.81. The van der Waals surface area contributed by atoms with E-state index in [4.69, 9.17) is 0 Å². The SMILES string of the molecule is CCNC(CC)C(C)S(=O)CC(=O)NC1CC1. The molecule has 0 aliphatic heterocycles. The van der Waals surface area contributed by atoms with E-state index < -0.39 is 10.8 Å². The van der Waals surface area contributed by atoms with Gasteiger partial charge < -0.3 is 10.6 Å². The summed E-state index contributed by atoms with van der Waals surface area (Å²) in [5.74, 6) is 0.0727. The van der Waals surface area contributed by atoms with Crippen molar-refractivity contribution in [1.29, 1.82) is 0 Å². The van der Waals surface area contributed by atoms with Crippen molar-refractivity contribution in [1.82, 2.24) is 10.6 Å². The number of carbonyl (C=O) groups is 1. The van der Waals surface area contributed by atoms with Crippen LogP contribution in [0.4, 0.5) is 0 Å². The highest BCUT2D eigenvalue weighted by atomic mass is 32.2. The van der Waals surface area contributed by atoms with Gasteiger partial charge >= 0.3 is 0 Å². The first-order valence-electron chi connectivity index (χ1n) is 6.48. The average Bonchev–Trinajstić information content (AvgIpc) is 3.08. The Morgan fingerprint density at radius 2 is 2.06 bits per heavy atom. The molecule has 4 nitrogen and oxygen atoms in total. The third-order valence-electron chi connectivity index (χ3n) is 3.10. The summed E-state index contributed by atoms with van der Waals surface area (Å²) in [6.07, 6.45) is 3.08. The highest BCUT2D eigenvalue weighted by Gasteiger charge is 2.26. The Balaban J connectivity index is 2.35. The van der Waals surface area contributed by atoms with Crippen LogP contribution in [0.1, 0.15) is 40.0 Å². The van der Waals surface area contributed by atoms with Gasteiger partial charge in [-0.3, -0.25) is 9.00 Å². The van der Waals surface area contributed by atoms with E-state index >= 15 is 0 Å². The van der Waals surface area contributed by atoms with Crippen LogP contribution >= 0.6 is 0 Å². The molecule has 0 spiro atoms. The highest BCUT2D eigenvalue weighted by Crippen LogP contribution is 2.18. The lowest BCUT2D eigenvalue weighted by Crippen LogP contribution is -2.42. The van der Waals surface area contributed by atoms with Crippen LogP contribution in [0.25, 0.3) is 0 Å². The maximum Gasteiger partial charge on any atom is 0.232 e. The van der Waals surface area contributed by atoms with Gasteiger partial charge in [-0.05, 0) is 32.7 Å². The lowest BCUT2D eigenvalue weighted by molar-refractivity contribution is -0.118. The molecule has 3 atom stereocenters. The lowest BCUT2D eigenvalue weighted by atomic mass is 10.2. The fraction of sp³-hybridized carbons (Fsp3) is 0.917. The largest absolute Gasteiger partial charge is 0.353 e. The van der Waals surface area contributed by atoms with Gasteiger partial charge in [-0.2, -0.15) is 0 Å². The smallest absolute Gasteiger partial charge is 0.232 e. The molecule has 1 saturated carbocycles. The first-order valence-corrected chi connectivity index (χ1v) is 7.86. The zero-order valence-electron chi connectivity index (χ0n) is 11.0. The molecule has 1 aliphatic rings. The Labute approximate surface area is 106 Å². The molecular weight excluding hydrogens is 236 g/mol. The van der Waals surface area contributed by atoms with Gasteiger partial charge in [0.1, 0.15) is 5.75 Å². The van der Waals surface area contributed by atoms with E-state index in [1.54, 1.807) is 0 Å². The molecule has 100 valence electrons. The summed E-state index contributed by atoms with van der Waals surface area (Å²) in [6, 6.07) is 0.583. The van der Waals surface area contributed by atoms with Gasteiger partial charge in [0, 0.05) is 28.1 Å². The van der Waals surface area contributed by atoms with Crippen molar-refractivity contribution in [3.8, 4) is 0 Å². The van der Waals surface area contributed by atoms with Crippen molar-refractivity contribution < 1.29 is 9.00 Å². The summed E-state index contributed by atoms with van der Waals surface area (Å²) < 4.78 is 12.0. The van der Waals surface area contributed by atoms with Crippen LogP contribution in [-0.4, -0.2) is 39.7 Å². The number of hydrogen-bond donors (Lipinski definition) is 2. The summed E-state index contributed by atoms with van der Waals surface area (Å²) in [5, 5.41) is 6.21. The molecule has 0 saturated heterocycles. The first-order chi connectivity index (χ1) is 8.08. The van der Waals surface area contributed by atoms with Crippen molar-refractivity contribution in [2.24, 2.45) is 0 Å². The molecule has 0 bridgehead atoms. The third kappa shape index (κ3) is 5.17. The molecule has 0 aromatic carbocycles. The second-order valence-corrected chi connectivity index (χ2v) is 6.44. The van der Waals surface area contributed by atoms with Crippen LogP contribution in [0.3, 0.4) is 0 Å². The molecule has 0 radical (unpaired) electrons. The molecule has 1 amide bonds. The fourth-order valence-corrected chi connectivity index (χ4v) is 3.11. The summed E-state index contributed by atoms with van der Waals surface area (Å²) in [5.41, 5.74) is 0. The molecule has 3 unspecified atom stereocenters. The second kappa shape index (κ2) is 7.11. The van der Waals surface area contributed by atoms with Crippen molar-refractivity contribution in [2.75, 3.05) is 12.3 Å². The van der Waals surface area contributed by atoms with Gasteiger partial charge in [0.05, 0.1) is 0 Å². The predicted molar refractivity (Wildman–Crippen MR) is 71.4 cm³/mol. The fourth-order valence-electron chi connectivity index (χ4n) is 1.85. The van der Waals surface area contributed by atoms with Crippen molar-refractivity contribution in [3.63, 3.8) is 0 Å². The predicted octanol–water partition coefficient (Wildman–Crippen LogP) is 0.790. The Morgan fingerprint density at radius 1 is 1.41 bits per heavy atom. The van der Waals surface area contributed by atoms with E-state index in [1.165, 1.54) is 0 Å². The summed E-state index contributed by atoms with van der Waals surface area (Å²) >= 11 is 0. The van der Waals surface area contributed by atoms with Gasteiger partial charge in [-0.15, -0.1) is 0 Å². The number of rotatable bonds is 8. The van der Waals surface area contributed by atoms with E-state index in [1.807, 2.05) is 13.8 Å². The standard InChI is InChI=1S/C12H24N2O2S/c1-4-11(13-5-2)9(3)17(16)8-12(15)14-10-6-7-10/h9-11,13H,4-8H2,1-3H3,(H,14,15). The Morgan fingerprint density at radius 3 is 2.53 bits per heavy atom. The summed E-state index contributed by atoms with van der Waals surface area (Å²) in [7, 11) is -1.09. The van der Waals surface area contributed by atoms with Crippen molar-refractivity contribution in [2.45, 2.75) is 57.4 Å². The van der Waals surface area contributed by atoms with Gasteiger partial charge in [-0.25, -0.2) is 0 Å². The van der Waals surface area contributed by atoms with Crippen LogP contribution in [0, 0.1) is 0 Å². The molecule has 2 N–H and O–H groups in total. The summed E-state index contributed by atoms with van der Waals surface area (Å²) in [6.45, 7) is 6.94. The molecule has 1 rings (SSSR count). The highest BCUT2D eigenvalue weighted by molar-refractivity contribution is 7.86. The Hall–Kier alpha value is -0.420. The van der Waals surface area contributed by atoms with Crippen LogP contribution < -0.4 is 10.6 Å². The lowest BCUT2D eigenvalue weighted by Gasteiger charge is -2.22. The van der Waals surface area contributed by atoms with Crippen molar-refractivity contribution in [3.05, 3.63) is 0 Å². The summed E-state index contributed by atoms with van der Waals surface area (Å²) in [4.78, 5) is 11.6. The molecule has 0 aromatic rings. The van der Waals surface area contributed by atoms with E-state index in [2.05, 4.69) is 17.6 Å². The van der Waals surface area contributed by atoms with Gasteiger partial charge in [0.25, 0.3) is 0 Å². The minimum Gasteiger partial charge on any atom is -0.353 e. The molecular formula is C12H24N2O2S. The van der Waals surface area contributed by atoms with E-state index in [9.17, 15) is 9.00 Å². The van der Waals surface area contributed by atoms with Crippen LogP contribution in [0.2, 0.25) is 0 Å². The molecule has 5 heteroatoms. The zero-order valence-corrected chi connectivity index (χ0v) is 11.8. The van der Waals surface area contributed by atoms with Crippen LogP contribution in [0.15, 0.2) is 0 Å². The average molecular weight is 260 g/mol. The molecule has 0 aromatic heterocycles. The van der Waals surface area contributed by atoms with Gasteiger partial charge in [0.2, 0.25) is 5.91 Å². The maximum absolute atomic E-state index is 12.0. The number of amides is 1. The minimum absolute atomic E-state index is 0.0184. The number of carbonyl (C=O) groups excluding carboxylic acids is 1. The van der Waals surface area contributed by atoms with E-state index in [0.717, 1.165) is 25.8 Å².